The number of amides is 1. The molecule has 0 aliphatic heterocycles. The van der Waals surface area contributed by atoms with Gasteiger partial charge in [0, 0.05) is 12.8 Å². The molecule has 0 saturated carbocycles. The maximum atomic E-state index is 12.5. The number of hydrogen-bond acceptors (Lipinski definition) is 5. The topological polar surface area (TPSA) is 95.9 Å². The van der Waals surface area contributed by atoms with Gasteiger partial charge in [0.2, 0.25) is 5.91 Å². The molecule has 6 nitrogen and oxygen atoms in total. The van der Waals surface area contributed by atoms with E-state index in [0.717, 1.165) is 64.2 Å². The van der Waals surface area contributed by atoms with Gasteiger partial charge in [-0.15, -0.1) is 0 Å². The summed E-state index contributed by atoms with van der Waals surface area (Å²) in [7, 11) is 0. The second-order valence-electron chi connectivity index (χ2n) is 22.8. The Balaban J connectivity index is 3.47. The Kier molecular flexibility index (Phi) is 62.5. The van der Waals surface area contributed by atoms with E-state index < -0.39 is 12.1 Å². The first-order valence-corrected chi connectivity index (χ1v) is 33.4. The van der Waals surface area contributed by atoms with E-state index in [1.807, 2.05) is 6.08 Å². The molecule has 0 radical (unpaired) electrons. The van der Waals surface area contributed by atoms with E-state index in [-0.39, 0.29) is 18.5 Å². The minimum atomic E-state index is -0.853. The van der Waals surface area contributed by atoms with E-state index in [4.69, 9.17) is 4.74 Å². The van der Waals surface area contributed by atoms with Gasteiger partial charge in [0.05, 0.1) is 25.4 Å². The molecule has 0 bridgehead atoms. The number of aliphatic hydroxyl groups is 2. The van der Waals surface area contributed by atoms with Crippen LogP contribution in [0.2, 0.25) is 0 Å². The van der Waals surface area contributed by atoms with Crippen LogP contribution in [0.25, 0.3) is 0 Å². The van der Waals surface area contributed by atoms with E-state index in [0.29, 0.717) is 19.4 Å². The molecule has 2 unspecified atom stereocenters. The van der Waals surface area contributed by atoms with E-state index >= 15 is 0 Å². The third-order valence-corrected chi connectivity index (χ3v) is 15.3. The molecule has 440 valence electrons. The number of ether oxygens (including phenoxy) is 1. The zero-order valence-electron chi connectivity index (χ0n) is 50.3. The van der Waals surface area contributed by atoms with Crippen LogP contribution in [0.3, 0.4) is 0 Å². The number of aliphatic hydroxyl groups excluding tert-OH is 2. The molecule has 0 fully saturated rings. The van der Waals surface area contributed by atoms with E-state index in [1.165, 1.54) is 263 Å². The highest BCUT2D eigenvalue weighted by molar-refractivity contribution is 5.76. The first-order chi connectivity index (χ1) is 37.0. The lowest BCUT2D eigenvalue weighted by molar-refractivity contribution is -0.143. The highest BCUT2D eigenvalue weighted by Crippen LogP contribution is 2.17. The van der Waals surface area contributed by atoms with Gasteiger partial charge in [0.1, 0.15) is 0 Å². The number of nitrogens with one attached hydrogen (secondary N) is 1. The number of allylic oxidation sites excluding steroid dienone is 7. The standard InChI is InChI=1S/C69H129NO5/c1-3-5-7-9-11-13-15-17-19-21-23-24-26-29-33-37-41-45-49-53-57-61-67(72)66(65-71)70-68(73)62-58-54-50-46-42-38-34-30-27-25-28-32-36-40-44-48-52-56-60-64-75-69(74)63-59-55-51-47-43-39-35-31-22-20-18-16-14-12-10-8-6-4-2/h14,16,20,22,25,27,57,61,66-67,71-72H,3-13,15,17-19,21,23-24,26,28-56,58-60,62-65H2,1-2H3,(H,70,73)/b16-14-,22-20-,27-25-,61-57+. The average molecular weight is 1050 g/mol. The first kappa shape index (κ1) is 72.8. The maximum Gasteiger partial charge on any atom is 0.305 e. The van der Waals surface area contributed by atoms with Gasteiger partial charge in [-0.25, -0.2) is 0 Å². The molecule has 0 aromatic heterocycles. The van der Waals surface area contributed by atoms with Crippen molar-refractivity contribution in [1.82, 2.24) is 5.32 Å². The largest absolute Gasteiger partial charge is 0.466 e. The second kappa shape index (κ2) is 64.3. The summed E-state index contributed by atoms with van der Waals surface area (Å²) in [5, 5.41) is 23.2. The molecule has 0 aliphatic carbocycles. The van der Waals surface area contributed by atoms with Crippen molar-refractivity contribution in [2.45, 2.75) is 366 Å². The average Bonchev–Trinajstić information content (AvgIpc) is 3.41. The van der Waals surface area contributed by atoms with Gasteiger partial charge in [-0.3, -0.25) is 9.59 Å². The predicted molar refractivity (Wildman–Crippen MR) is 329 cm³/mol. The summed E-state index contributed by atoms with van der Waals surface area (Å²) >= 11 is 0. The van der Waals surface area contributed by atoms with Gasteiger partial charge in [-0.2, -0.15) is 0 Å². The van der Waals surface area contributed by atoms with E-state index in [2.05, 4.69) is 55.6 Å². The van der Waals surface area contributed by atoms with Gasteiger partial charge < -0.3 is 20.3 Å². The monoisotopic (exact) mass is 1050 g/mol. The Labute approximate surface area is 467 Å². The van der Waals surface area contributed by atoms with Crippen LogP contribution in [0.4, 0.5) is 0 Å². The Morgan fingerprint density at radius 1 is 0.373 bits per heavy atom. The molecule has 0 heterocycles. The molecule has 0 aliphatic rings. The van der Waals surface area contributed by atoms with Crippen LogP contribution in [0, 0.1) is 0 Å². The quantitative estimate of drug-likeness (QED) is 0.0320. The second-order valence-corrected chi connectivity index (χ2v) is 22.8. The van der Waals surface area contributed by atoms with E-state index in [9.17, 15) is 19.8 Å². The third-order valence-electron chi connectivity index (χ3n) is 15.3. The van der Waals surface area contributed by atoms with Crippen LogP contribution >= 0.6 is 0 Å². The van der Waals surface area contributed by atoms with Crippen molar-refractivity contribution in [2.24, 2.45) is 0 Å². The molecule has 0 aromatic carbocycles. The predicted octanol–water partition coefficient (Wildman–Crippen LogP) is 21.3. The molecule has 75 heavy (non-hydrogen) atoms. The van der Waals surface area contributed by atoms with Gasteiger partial charge in [0.15, 0.2) is 0 Å². The number of unbranched alkanes of at least 4 members (excludes halogenated alkanes) is 45. The van der Waals surface area contributed by atoms with Crippen molar-refractivity contribution in [3.05, 3.63) is 48.6 Å². The van der Waals surface area contributed by atoms with Crippen molar-refractivity contribution in [2.75, 3.05) is 13.2 Å². The molecule has 0 rings (SSSR count). The fraction of sp³-hybridized carbons (Fsp3) is 0.855. The summed E-state index contributed by atoms with van der Waals surface area (Å²) in [6.45, 7) is 4.89. The van der Waals surface area contributed by atoms with Gasteiger partial charge in [-0.05, 0) is 89.9 Å². The Bertz CT molecular complexity index is 1260. The molecule has 0 aromatic rings. The minimum Gasteiger partial charge on any atom is -0.466 e. The highest BCUT2D eigenvalue weighted by Gasteiger charge is 2.18. The molecular formula is C69H129NO5. The molecule has 2 atom stereocenters. The summed E-state index contributed by atoms with van der Waals surface area (Å²) < 4.78 is 5.49. The van der Waals surface area contributed by atoms with Crippen molar-refractivity contribution >= 4 is 11.9 Å². The first-order valence-electron chi connectivity index (χ1n) is 33.4. The zero-order chi connectivity index (χ0) is 54.3. The number of carbonyl (C=O) groups is 2. The third kappa shape index (κ3) is 60.9. The van der Waals surface area contributed by atoms with Crippen molar-refractivity contribution in [1.29, 1.82) is 0 Å². The number of hydrogen-bond donors (Lipinski definition) is 3. The van der Waals surface area contributed by atoms with Crippen molar-refractivity contribution in [3.8, 4) is 0 Å². The molecule has 0 spiro atoms. The lowest BCUT2D eigenvalue weighted by Gasteiger charge is -2.20. The number of esters is 1. The summed E-state index contributed by atoms with van der Waals surface area (Å²) in [6.07, 6.45) is 83.0. The van der Waals surface area contributed by atoms with Crippen LogP contribution in [-0.4, -0.2) is 47.4 Å². The number of rotatable bonds is 62. The zero-order valence-corrected chi connectivity index (χ0v) is 50.3. The Morgan fingerprint density at radius 2 is 0.667 bits per heavy atom. The van der Waals surface area contributed by atoms with Crippen molar-refractivity contribution < 1.29 is 24.5 Å². The van der Waals surface area contributed by atoms with Gasteiger partial charge >= 0.3 is 5.97 Å². The SMILES string of the molecule is CCCCCC/C=C\C/C=C\CCCCCCCCCC(=O)OCCCCCCCCCC/C=C\CCCCCCCCCC(=O)NC(CO)C(O)/C=C/CCCCCCCCCCCCCCCCCCCCC. The summed E-state index contributed by atoms with van der Waals surface area (Å²) in [6, 6.07) is -0.637. The summed E-state index contributed by atoms with van der Waals surface area (Å²) in [5.74, 6) is -0.0794. The van der Waals surface area contributed by atoms with E-state index in [1.54, 1.807) is 6.08 Å². The highest BCUT2D eigenvalue weighted by atomic mass is 16.5. The van der Waals surface area contributed by atoms with Crippen LogP contribution in [0.15, 0.2) is 48.6 Å². The molecular weight excluding hydrogens is 923 g/mol. The van der Waals surface area contributed by atoms with Crippen LogP contribution in [0.1, 0.15) is 354 Å². The lowest BCUT2D eigenvalue weighted by Crippen LogP contribution is -2.45. The minimum absolute atomic E-state index is 0.00397. The summed E-state index contributed by atoms with van der Waals surface area (Å²) in [4.78, 5) is 24.6. The molecule has 0 saturated heterocycles. The Hall–Kier alpha value is -2.18. The van der Waals surface area contributed by atoms with Gasteiger partial charge in [-0.1, -0.05) is 300 Å². The van der Waals surface area contributed by atoms with Crippen molar-refractivity contribution in [3.63, 3.8) is 0 Å². The van der Waals surface area contributed by atoms with Crippen LogP contribution < -0.4 is 5.32 Å². The molecule has 1 amide bonds. The fourth-order valence-corrected chi connectivity index (χ4v) is 10.2. The lowest BCUT2D eigenvalue weighted by atomic mass is 10.0. The summed E-state index contributed by atoms with van der Waals surface area (Å²) in [5.41, 5.74) is 0. The fourth-order valence-electron chi connectivity index (χ4n) is 10.2. The molecule has 6 heteroatoms. The van der Waals surface area contributed by atoms with Crippen LogP contribution in [0.5, 0.6) is 0 Å². The Morgan fingerprint density at radius 3 is 1.04 bits per heavy atom. The maximum absolute atomic E-state index is 12.5. The normalized spacial score (nSPS) is 12.9. The van der Waals surface area contributed by atoms with Gasteiger partial charge in [0.25, 0.3) is 0 Å². The molecule has 3 N–H and O–H groups in total. The number of carbonyl (C=O) groups excluding carboxylic acids is 2. The smallest absolute Gasteiger partial charge is 0.305 e. The van der Waals surface area contributed by atoms with Crippen LogP contribution in [-0.2, 0) is 14.3 Å².